The third kappa shape index (κ3) is 3.80. The van der Waals surface area contributed by atoms with Crippen molar-refractivity contribution in [1.82, 2.24) is 0 Å². The number of ketones is 1. The molecule has 19 heavy (non-hydrogen) atoms. The van der Waals surface area contributed by atoms with Crippen LogP contribution in [-0.4, -0.2) is 31.4 Å². The largest absolute Gasteiger partial charge is 0.378 e. The fraction of sp³-hybridized carbons (Fsp3) is 0.400. The van der Waals surface area contributed by atoms with Gasteiger partial charge in [-0.05, 0) is 24.6 Å². The number of carbonyl (C=O) groups excluding carboxylic acids is 1. The maximum atomic E-state index is 11.8. The minimum atomic E-state index is 0.202. The Hall–Kier alpha value is -0.870. The summed E-state index contributed by atoms with van der Waals surface area (Å²) >= 11 is 3.64. The van der Waals surface area contributed by atoms with Crippen molar-refractivity contribution in [3.05, 3.63) is 39.6 Å². The van der Waals surface area contributed by atoms with Crippen molar-refractivity contribution < 1.29 is 4.79 Å². The van der Waals surface area contributed by atoms with Gasteiger partial charge in [0.2, 0.25) is 0 Å². The summed E-state index contributed by atoms with van der Waals surface area (Å²) < 4.78 is 1.23. The Labute approximate surface area is 123 Å². The van der Waals surface area contributed by atoms with E-state index >= 15 is 0 Å². The van der Waals surface area contributed by atoms with Gasteiger partial charge in [0.1, 0.15) is 0 Å². The number of carbonyl (C=O) groups is 1. The van der Waals surface area contributed by atoms with Crippen molar-refractivity contribution >= 4 is 35.0 Å². The van der Waals surface area contributed by atoms with Crippen molar-refractivity contribution in [3.8, 4) is 0 Å². The number of benzene rings is 1. The van der Waals surface area contributed by atoms with E-state index in [9.17, 15) is 4.79 Å². The first-order valence-electron chi connectivity index (χ1n) is 6.34. The van der Waals surface area contributed by atoms with Crippen LogP contribution < -0.4 is 4.90 Å². The average molecular weight is 293 g/mol. The Morgan fingerprint density at radius 3 is 2.21 bits per heavy atom. The lowest BCUT2D eigenvalue weighted by Crippen LogP contribution is -2.08. The highest BCUT2D eigenvalue weighted by atomic mass is 32.2. The minimum Gasteiger partial charge on any atom is -0.378 e. The van der Waals surface area contributed by atoms with Crippen LogP contribution in [0, 0.1) is 0 Å². The molecule has 4 heteroatoms. The molecule has 1 saturated heterocycles. The zero-order valence-corrected chi connectivity index (χ0v) is 13.2. The third-order valence-electron chi connectivity index (χ3n) is 3.05. The lowest BCUT2D eigenvalue weighted by atomic mass is 10.0. The lowest BCUT2D eigenvalue weighted by molar-refractivity contribution is -0.113. The van der Waals surface area contributed by atoms with Gasteiger partial charge in [-0.15, -0.1) is 23.5 Å². The van der Waals surface area contributed by atoms with Crippen molar-refractivity contribution in [2.75, 3.05) is 30.5 Å². The molecule has 0 radical (unpaired) electrons. The molecule has 1 heterocycles. The molecule has 0 N–H and O–H groups in total. The average Bonchev–Trinajstić information content (AvgIpc) is 2.89. The predicted molar refractivity (Wildman–Crippen MR) is 87.1 cm³/mol. The lowest BCUT2D eigenvalue weighted by Gasteiger charge is -2.13. The monoisotopic (exact) mass is 293 g/mol. The van der Waals surface area contributed by atoms with Crippen LogP contribution in [0.1, 0.15) is 12.5 Å². The summed E-state index contributed by atoms with van der Waals surface area (Å²) in [6, 6.07) is 8.44. The molecule has 0 aliphatic carbocycles. The normalized spacial score (nSPS) is 14.6. The van der Waals surface area contributed by atoms with Gasteiger partial charge in [-0.1, -0.05) is 12.1 Å². The SMILES string of the molecule is CC(=O)C(Cc1ccc(N(C)C)cc1)=C1SCCS1. The van der Waals surface area contributed by atoms with E-state index in [2.05, 4.69) is 29.2 Å². The molecule has 1 aliphatic heterocycles. The first-order chi connectivity index (χ1) is 9.08. The molecule has 0 aromatic heterocycles. The molecule has 0 spiro atoms. The second kappa shape index (κ2) is 6.53. The van der Waals surface area contributed by atoms with Gasteiger partial charge in [0.15, 0.2) is 5.78 Å². The minimum absolute atomic E-state index is 0.202. The van der Waals surface area contributed by atoms with Crippen LogP contribution in [0.5, 0.6) is 0 Å². The van der Waals surface area contributed by atoms with E-state index in [1.807, 2.05) is 37.6 Å². The van der Waals surface area contributed by atoms with Crippen LogP contribution >= 0.6 is 23.5 Å². The quantitative estimate of drug-likeness (QED) is 0.790. The van der Waals surface area contributed by atoms with Gasteiger partial charge < -0.3 is 4.90 Å². The highest BCUT2D eigenvalue weighted by Crippen LogP contribution is 2.39. The third-order valence-corrected chi connectivity index (χ3v) is 5.85. The summed E-state index contributed by atoms with van der Waals surface area (Å²) in [6.07, 6.45) is 0.748. The van der Waals surface area contributed by atoms with Crippen molar-refractivity contribution in [2.45, 2.75) is 13.3 Å². The van der Waals surface area contributed by atoms with E-state index < -0.39 is 0 Å². The molecular formula is C15H19NOS2. The summed E-state index contributed by atoms with van der Waals surface area (Å²) in [7, 11) is 4.06. The van der Waals surface area contributed by atoms with Gasteiger partial charge in [-0.3, -0.25) is 4.79 Å². The van der Waals surface area contributed by atoms with E-state index in [4.69, 9.17) is 0 Å². The second-order valence-corrected chi connectivity index (χ2v) is 7.23. The second-order valence-electron chi connectivity index (χ2n) is 4.76. The highest BCUT2D eigenvalue weighted by molar-refractivity contribution is 8.25. The molecule has 0 atom stereocenters. The maximum absolute atomic E-state index is 11.8. The Morgan fingerprint density at radius 2 is 1.74 bits per heavy atom. The summed E-state index contributed by atoms with van der Waals surface area (Å²) in [5.41, 5.74) is 3.37. The summed E-state index contributed by atoms with van der Waals surface area (Å²) in [4.78, 5) is 13.9. The summed E-state index contributed by atoms with van der Waals surface area (Å²) in [6.45, 7) is 1.68. The van der Waals surface area contributed by atoms with Crippen molar-refractivity contribution in [3.63, 3.8) is 0 Å². The fourth-order valence-electron chi connectivity index (χ4n) is 1.94. The Bertz CT molecular complexity index is 483. The standard InChI is InChI=1S/C15H19NOS2/c1-11(17)14(15-18-8-9-19-15)10-12-4-6-13(7-5-12)16(2)3/h4-7H,8-10H2,1-3H3. The topological polar surface area (TPSA) is 20.3 Å². The predicted octanol–water partition coefficient (Wildman–Crippen LogP) is 3.58. The van der Waals surface area contributed by atoms with Gasteiger partial charge in [0.05, 0.1) is 0 Å². The first kappa shape index (κ1) is 14.5. The molecule has 0 saturated carbocycles. The van der Waals surface area contributed by atoms with Gasteiger partial charge >= 0.3 is 0 Å². The molecular weight excluding hydrogens is 274 g/mol. The van der Waals surface area contributed by atoms with E-state index in [0.29, 0.717) is 0 Å². The van der Waals surface area contributed by atoms with Crippen LogP contribution in [0.3, 0.4) is 0 Å². The summed E-state index contributed by atoms with van der Waals surface area (Å²) in [5.74, 6) is 2.45. The molecule has 1 aliphatic rings. The molecule has 2 nitrogen and oxygen atoms in total. The van der Waals surface area contributed by atoms with Crippen LogP contribution in [0.4, 0.5) is 5.69 Å². The number of nitrogens with zero attached hydrogens (tertiary/aromatic N) is 1. The first-order valence-corrected chi connectivity index (χ1v) is 8.31. The number of hydrogen-bond acceptors (Lipinski definition) is 4. The molecule has 0 amide bonds. The molecule has 1 fully saturated rings. The van der Waals surface area contributed by atoms with Crippen molar-refractivity contribution in [2.24, 2.45) is 0 Å². The molecule has 0 bridgehead atoms. The van der Waals surface area contributed by atoms with Gasteiger partial charge in [0, 0.05) is 47.5 Å². The fourth-order valence-corrected chi connectivity index (χ4v) is 4.59. The van der Waals surface area contributed by atoms with Crippen LogP contribution in [-0.2, 0) is 11.2 Å². The maximum Gasteiger partial charge on any atom is 0.157 e. The van der Waals surface area contributed by atoms with Crippen LogP contribution in [0.15, 0.2) is 34.1 Å². The van der Waals surface area contributed by atoms with Crippen LogP contribution in [0.2, 0.25) is 0 Å². The Kier molecular flexibility index (Phi) is 4.99. The smallest absolute Gasteiger partial charge is 0.157 e. The van der Waals surface area contributed by atoms with E-state index in [-0.39, 0.29) is 5.78 Å². The van der Waals surface area contributed by atoms with E-state index in [0.717, 1.165) is 23.5 Å². The Morgan fingerprint density at radius 1 is 1.16 bits per heavy atom. The zero-order valence-electron chi connectivity index (χ0n) is 11.6. The number of thioether (sulfide) groups is 2. The number of Topliss-reactive ketones (excluding diaryl/α,β-unsaturated/α-hetero) is 1. The number of rotatable bonds is 4. The highest BCUT2D eigenvalue weighted by Gasteiger charge is 2.17. The number of anilines is 1. The van der Waals surface area contributed by atoms with Gasteiger partial charge in [0.25, 0.3) is 0 Å². The van der Waals surface area contributed by atoms with Gasteiger partial charge in [-0.25, -0.2) is 0 Å². The van der Waals surface area contributed by atoms with E-state index in [1.165, 1.54) is 15.5 Å². The number of hydrogen-bond donors (Lipinski definition) is 0. The molecule has 1 aromatic rings. The zero-order chi connectivity index (χ0) is 13.8. The molecule has 102 valence electrons. The van der Waals surface area contributed by atoms with E-state index in [1.54, 1.807) is 6.92 Å². The van der Waals surface area contributed by atoms with Crippen LogP contribution in [0.25, 0.3) is 0 Å². The van der Waals surface area contributed by atoms with Gasteiger partial charge in [-0.2, -0.15) is 0 Å². The number of allylic oxidation sites excluding steroid dienone is 1. The Balaban J connectivity index is 2.18. The molecule has 1 aromatic carbocycles. The van der Waals surface area contributed by atoms with Crippen molar-refractivity contribution in [1.29, 1.82) is 0 Å². The molecule has 2 rings (SSSR count). The molecule has 0 unspecified atom stereocenters. The summed E-state index contributed by atoms with van der Waals surface area (Å²) in [5, 5.41) is 0.